The number of carboxylic acids is 1. The van der Waals surface area contributed by atoms with Gasteiger partial charge >= 0.3 is 12.1 Å². The number of halogens is 4. The first-order valence-electron chi connectivity index (χ1n) is 7.26. The number of benzene rings is 1. The summed E-state index contributed by atoms with van der Waals surface area (Å²) in [7, 11) is 0. The summed E-state index contributed by atoms with van der Waals surface area (Å²) in [6.07, 6.45) is -3.33. The molecule has 144 valence electrons. The van der Waals surface area contributed by atoms with Crippen LogP contribution in [0, 0.1) is 0 Å². The highest BCUT2D eigenvalue weighted by Crippen LogP contribution is 2.30. The van der Waals surface area contributed by atoms with Gasteiger partial charge in [-0.3, -0.25) is 9.59 Å². The summed E-state index contributed by atoms with van der Waals surface area (Å²) in [5.41, 5.74) is 6.91. The van der Waals surface area contributed by atoms with E-state index >= 15 is 0 Å². The van der Waals surface area contributed by atoms with Gasteiger partial charge in [0.2, 0.25) is 5.91 Å². The molecule has 3 N–H and O–H groups in total. The molecule has 0 bridgehead atoms. The van der Waals surface area contributed by atoms with Crippen LogP contribution in [0.2, 0.25) is 0 Å². The standard InChI is InChI=1S/C13H15ClN2O3.C2HF3O2/c14-7-13(18)16-5-1-2-9-6-10(3-4-11(9)16)19-8-12(15)17;3-2(4,5)1(6)7/h3-4,6H,1-2,5,7-8H2,(H2,15,17);(H,6,7). The lowest BCUT2D eigenvalue weighted by Crippen LogP contribution is -2.36. The summed E-state index contributed by atoms with van der Waals surface area (Å²) < 4.78 is 37.0. The molecule has 0 aromatic heterocycles. The average molecular weight is 397 g/mol. The summed E-state index contributed by atoms with van der Waals surface area (Å²) in [5.74, 6) is -2.82. The van der Waals surface area contributed by atoms with E-state index in [-0.39, 0.29) is 18.4 Å². The highest BCUT2D eigenvalue weighted by Gasteiger charge is 2.38. The first kappa shape index (κ1) is 21.6. The van der Waals surface area contributed by atoms with E-state index in [2.05, 4.69) is 0 Å². The fraction of sp³-hybridized carbons (Fsp3) is 0.400. The van der Waals surface area contributed by atoms with E-state index in [4.69, 9.17) is 32.0 Å². The lowest BCUT2D eigenvalue weighted by atomic mass is 10.0. The van der Waals surface area contributed by atoms with Crippen LogP contribution < -0.4 is 15.4 Å². The van der Waals surface area contributed by atoms with Gasteiger partial charge in [-0.05, 0) is 36.6 Å². The highest BCUT2D eigenvalue weighted by molar-refractivity contribution is 6.29. The van der Waals surface area contributed by atoms with E-state index in [0.29, 0.717) is 12.3 Å². The largest absolute Gasteiger partial charge is 0.490 e. The number of carboxylic acid groups (broad SMARTS) is 1. The molecule has 26 heavy (non-hydrogen) atoms. The van der Waals surface area contributed by atoms with Crippen LogP contribution in [0.4, 0.5) is 18.9 Å². The van der Waals surface area contributed by atoms with Crippen LogP contribution in [0.1, 0.15) is 12.0 Å². The van der Waals surface area contributed by atoms with Gasteiger partial charge in [-0.1, -0.05) is 0 Å². The molecule has 1 aromatic carbocycles. The number of rotatable bonds is 4. The Bertz CT molecular complexity index is 682. The van der Waals surface area contributed by atoms with Crippen molar-refractivity contribution in [2.45, 2.75) is 19.0 Å². The third kappa shape index (κ3) is 6.43. The van der Waals surface area contributed by atoms with Gasteiger partial charge < -0.3 is 20.5 Å². The van der Waals surface area contributed by atoms with Crippen molar-refractivity contribution < 1.29 is 37.4 Å². The molecule has 2 rings (SSSR count). The molecular formula is C15H16ClF3N2O5. The van der Waals surface area contributed by atoms with Crippen LogP contribution in [0.15, 0.2) is 18.2 Å². The van der Waals surface area contributed by atoms with E-state index in [1.807, 2.05) is 12.1 Å². The van der Waals surface area contributed by atoms with Gasteiger partial charge in [-0.25, -0.2) is 4.79 Å². The highest BCUT2D eigenvalue weighted by atomic mass is 35.5. The number of fused-ring (bicyclic) bond motifs is 1. The summed E-state index contributed by atoms with van der Waals surface area (Å²) >= 11 is 5.60. The zero-order chi connectivity index (χ0) is 19.9. The smallest absolute Gasteiger partial charge is 0.484 e. The minimum atomic E-state index is -5.08. The van der Waals surface area contributed by atoms with Crippen molar-refractivity contribution in [1.29, 1.82) is 0 Å². The number of ether oxygens (including phenoxy) is 1. The molecule has 0 fully saturated rings. The molecule has 7 nitrogen and oxygen atoms in total. The first-order chi connectivity index (χ1) is 12.1. The van der Waals surface area contributed by atoms with E-state index in [1.165, 1.54) is 0 Å². The number of alkyl halides is 4. The van der Waals surface area contributed by atoms with E-state index in [0.717, 1.165) is 24.1 Å². The van der Waals surface area contributed by atoms with Gasteiger partial charge in [0.15, 0.2) is 6.61 Å². The van der Waals surface area contributed by atoms with Gasteiger partial charge in [0.1, 0.15) is 11.6 Å². The maximum atomic E-state index is 11.7. The number of aliphatic carboxylic acids is 1. The van der Waals surface area contributed by atoms with Crippen molar-refractivity contribution in [2.24, 2.45) is 5.73 Å². The number of primary amides is 1. The van der Waals surface area contributed by atoms with Crippen LogP contribution in [0.3, 0.4) is 0 Å². The van der Waals surface area contributed by atoms with Crippen LogP contribution in [-0.4, -0.2) is 48.1 Å². The Morgan fingerprint density at radius 3 is 2.42 bits per heavy atom. The number of nitrogens with zero attached hydrogens (tertiary/aromatic N) is 1. The van der Waals surface area contributed by atoms with Gasteiger partial charge in [0.05, 0.1) is 0 Å². The number of anilines is 1. The molecule has 0 saturated heterocycles. The summed E-state index contributed by atoms with van der Waals surface area (Å²) in [5, 5.41) is 7.12. The predicted octanol–water partition coefficient (Wildman–Crippen LogP) is 1.70. The number of hydrogen-bond acceptors (Lipinski definition) is 4. The van der Waals surface area contributed by atoms with Crippen LogP contribution >= 0.6 is 11.6 Å². The van der Waals surface area contributed by atoms with Crippen molar-refractivity contribution in [3.05, 3.63) is 23.8 Å². The Morgan fingerprint density at radius 1 is 1.31 bits per heavy atom. The number of nitrogens with two attached hydrogens (primary N) is 1. The Balaban J connectivity index is 0.000000412. The maximum Gasteiger partial charge on any atom is 0.490 e. The molecule has 1 aliphatic heterocycles. The quantitative estimate of drug-likeness (QED) is 0.753. The summed E-state index contributed by atoms with van der Waals surface area (Å²) in [4.78, 5) is 33.0. The summed E-state index contributed by atoms with van der Waals surface area (Å²) in [6.45, 7) is 0.531. The zero-order valence-corrected chi connectivity index (χ0v) is 14.1. The maximum absolute atomic E-state index is 11.7. The number of carbonyl (C=O) groups excluding carboxylic acids is 2. The van der Waals surface area contributed by atoms with Gasteiger partial charge in [-0.15, -0.1) is 11.6 Å². The van der Waals surface area contributed by atoms with Gasteiger partial charge in [0, 0.05) is 12.2 Å². The van der Waals surface area contributed by atoms with Crippen molar-refractivity contribution >= 4 is 35.1 Å². The topological polar surface area (TPSA) is 110 Å². The summed E-state index contributed by atoms with van der Waals surface area (Å²) in [6, 6.07) is 5.38. The Hall–Kier alpha value is -2.49. The second-order valence-corrected chi connectivity index (χ2v) is 5.40. The van der Waals surface area contributed by atoms with Crippen molar-refractivity contribution in [2.75, 3.05) is 23.9 Å². The van der Waals surface area contributed by atoms with E-state index in [9.17, 15) is 22.8 Å². The number of carbonyl (C=O) groups is 3. The number of aryl methyl sites for hydroxylation is 1. The van der Waals surface area contributed by atoms with Crippen LogP contribution in [-0.2, 0) is 20.8 Å². The Kier molecular flexibility index (Phi) is 7.69. The number of amides is 2. The van der Waals surface area contributed by atoms with Gasteiger partial charge in [-0.2, -0.15) is 13.2 Å². The van der Waals surface area contributed by atoms with E-state index < -0.39 is 18.1 Å². The Morgan fingerprint density at radius 2 is 1.92 bits per heavy atom. The third-order valence-corrected chi connectivity index (χ3v) is 3.44. The molecule has 0 atom stereocenters. The molecule has 1 aliphatic rings. The molecule has 11 heteroatoms. The molecule has 0 unspecified atom stereocenters. The minimum Gasteiger partial charge on any atom is -0.484 e. The van der Waals surface area contributed by atoms with Gasteiger partial charge in [0.25, 0.3) is 5.91 Å². The molecule has 0 saturated carbocycles. The minimum absolute atomic E-state index is 0.0284. The van der Waals surface area contributed by atoms with Crippen LogP contribution in [0.5, 0.6) is 5.75 Å². The second kappa shape index (κ2) is 9.27. The zero-order valence-electron chi connectivity index (χ0n) is 13.4. The number of hydrogen-bond donors (Lipinski definition) is 2. The van der Waals surface area contributed by atoms with Crippen LogP contribution in [0.25, 0.3) is 0 Å². The fourth-order valence-corrected chi connectivity index (χ4v) is 2.29. The van der Waals surface area contributed by atoms with E-state index in [1.54, 1.807) is 11.0 Å². The molecule has 0 radical (unpaired) electrons. The van der Waals surface area contributed by atoms with Crippen molar-refractivity contribution in [1.82, 2.24) is 0 Å². The molecule has 2 amide bonds. The average Bonchev–Trinajstić information content (AvgIpc) is 2.58. The molecule has 1 heterocycles. The SMILES string of the molecule is NC(=O)COc1ccc2c(c1)CCCN2C(=O)CCl.O=C(O)C(F)(F)F. The molecule has 0 spiro atoms. The lowest BCUT2D eigenvalue weighted by Gasteiger charge is -2.29. The monoisotopic (exact) mass is 396 g/mol. The van der Waals surface area contributed by atoms with Crippen molar-refractivity contribution in [3.8, 4) is 5.75 Å². The lowest BCUT2D eigenvalue weighted by molar-refractivity contribution is -0.192. The predicted molar refractivity (Wildman–Crippen MR) is 86.2 cm³/mol. The molecule has 1 aromatic rings. The van der Waals surface area contributed by atoms with Crippen molar-refractivity contribution in [3.63, 3.8) is 0 Å². The first-order valence-corrected chi connectivity index (χ1v) is 7.80. The Labute approximate surface area is 151 Å². The fourth-order valence-electron chi connectivity index (χ4n) is 2.15. The second-order valence-electron chi connectivity index (χ2n) is 5.13. The normalized spacial score (nSPS) is 13.2. The molecule has 0 aliphatic carbocycles. The third-order valence-electron chi connectivity index (χ3n) is 3.21. The molecular weight excluding hydrogens is 381 g/mol.